The molecular weight excluding hydrogens is 334 g/mol. The number of halogens is 1. The van der Waals surface area contributed by atoms with Crippen molar-refractivity contribution in [2.45, 2.75) is 19.8 Å². The van der Waals surface area contributed by atoms with E-state index in [1.807, 2.05) is 30.0 Å². The van der Waals surface area contributed by atoms with E-state index in [1.165, 1.54) is 0 Å². The van der Waals surface area contributed by atoms with E-state index >= 15 is 0 Å². The van der Waals surface area contributed by atoms with Crippen LogP contribution in [0.3, 0.4) is 0 Å². The number of carbonyl (C=O) groups excluding carboxylic acids is 1. The highest BCUT2D eigenvalue weighted by atomic mass is 79.9. The number of amides is 1. The Morgan fingerprint density at radius 3 is 3.00 bits per heavy atom. The molecule has 0 N–H and O–H groups in total. The maximum absolute atomic E-state index is 12.7. The van der Waals surface area contributed by atoms with Gasteiger partial charge >= 0.3 is 0 Å². The molecule has 1 saturated heterocycles. The Morgan fingerprint density at radius 2 is 2.29 bits per heavy atom. The van der Waals surface area contributed by atoms with Gasteiger partial charge in [0.25, 0.3) is 5.91 Å². The molecule has 1 unspecified atom stereocenters. The van der Waals surface area contributed by atoms with Crippen molar-refractivity contribution in [1.29, 1.82) is 0 Å². The number of ether oxygens (including phenoxy) is 2. The molecular formula is C16H22BrNO3. The van der Waals surface area contributed by atoms with Crippen LogP contribution in [-0.4, -0.2) is 44.2 Å². The van der Waals surface area contributed by atoms with Crippen LogP contribution >= 0.6 is 15.9 Å². The molecule has 116 valence electrons. The lowest BCUT2D eigenvalue weighted by Gasteiger charge is -2.33. The molecule has 2 rings (SSSR count). The zero-order valence-corrected chi connectivity index (χ0v) is 14.2. The lowest BCUT2D eigenvalue weighted by atomic mass is 9.98. The Bertz CT molecular complexity index is 492. The van der Waals surface area contributed by atoms with E-state index < -0.39 is 0 Å². The van der Waals surface area contributed by atoms with Crippen molar-refractivity contribution in [1.82, 2.24) is 4.90 Å². The lowest BCUT2D eigenvalue weighted by Crippen LogP contribution is -2.41. The highest BCUT2D eigenvalue weighted by Crippen LogP contribution is 2.26. The monoisotopic (exact) mass is 355 g/mol. The molecule has 1 atom stereocenters. The summed E-state index contributed by atoms with van der Waals surface area (Å²) in [5.74, 6) is 1.09. The van der Waals surface area contributed by atoms with Gasteiger partial charge in [-0.15, -0.1) is 0 Å². The first kappa shape index (κ1) is 16.3. The van der Waals surface area contributed by atoms with Gasteiger partial charge in [0.1, 0.15) is 5.75 Å². The third-order valence-electron chi connectivity index (χ3n) is 3.76. The predicted molar refractivity (Wildman–Crippen MR) is 85.8 cm³/mol. The first-order valence-electron chi connectivity index (χ1n) is 7.36. The van der Waals surface area contributed by atoms with Crippen LogP contribution in [0.4, 0.5) is 0 Å². The number of nitrogens with zero attached hydrogens (tertiary/aromatic N) is 1. The summed E-state index contributed by atoms with van der Waals surface area (Å²) in [5.41, 5.74) is 0.615. The van der Waals surface area contributed by atoms with Crippen LogP contribution in [-0.2, 0) is 4.74 Å². The Morgan fingerprint density at radius 1 is 1.48 bits per heavy atom. The summed E-state index contributed by atoms with van der Waals surface area (Å²) in [7, 11) is 1.59. The Kier molecular flexibility index (Phi) is 6.06. The fourth-order valence-corrected chi connectivity index (χ4v) is 3.05. The third-order valence-corrected chi connectivity index (χ3v) is 4.25. The van der Waals surface area contributed by atoms with Gasteiger partial charge in [-0.1, -0.05) is 15.9 Å². The molecule has 0 aliphatic carbocycles. The molecule has 1 aromatic carbocycles. The summed E-state index contributed by atoms with van der Waals surface area (Å²) in [5, 5.41) is 0. The highest BCUT2D eigenvalue weighted by molar-refractivity contribution is 9.10. The number of benzene rings is 1. The average molecular weight is 356 g/mol. The van der Waals surface area contributed by atoms with Crippen molar-refractivity contribution in [3.05, 3.63) is 28.2 Å². The van der Waals surface area contributed by atoms with Crippen LogP contribution < -0.4 is 4.74 Å². The zero-order valence-electron chi connectivity index (χ0n) is 12.6. The van der Waals surface area contributed by atoms with Crippen molar-refractivity contribution < 1.29 is 14.3 Å². The van der Waals surface area contributed by atoms with Gasteiger partial charge in [0.2, 0.25) is 0 Å². The molecule has 0 saturated carbocycles. The van der Waals surface area contributed by atoms with Crippen molar-refractivity contribution in [3.63, 3.8) is 0 Å². The van der Waals surface area contributed by atoms with Crippen LogP contribution in [0.15, 0.2) is 22.7 Å². The van der Waals surface area contributed by atoms with E-state index in [0.29, 0.717) is 17.2 Å². The molecule has 0 spiro atoms. The fourth-order valence-electron chi connectivity index (χ4n) is 2.69. The van der Waals surface area contributed by atoms with Crippen LogP contribution in [0.2, 0.25) is 0 Å². The maximum atomic E-state index is 12.7. The topological polar surface area (TPSA) is 38.8 Å². The Balaban J connectivity index is 2.10. The minimum atomic E-state index is 0.0364. The predicted octanol–water partition coefficient (Wildman–Crippen LogP) is 3.35. The number of rotatable bonds is 5. The molecule has 1 aliphatic rings. The van der Waals surface area contributed by atoms with Gasteiger partial charge in [-0.3, -0.25) is 4.79 Å². The van der Waals surface area contributed by atoms with Crippen LogP contribution in [0.25, 0.3) is 0 Å². The summed E-state index contributed by atoms with van der Waals surface area (Å²) in [6.07, 6.45) is 2.15. The molecule has 0 radical (unpaired) electrons. The molecule has 1 aromatic rings. The van der Waals surface area contributed by atoms with E-state index in [9.17, 15) is 4.79 Å². The SMILES string of the molecule is CCOCC1CCCN(C(=O)c2cc(Br)ccc2OC)C1. The second kappa shape index (κ2) is 7.80. The molecule has 5 heteroatoms. The summed E-state index contributed by atoms with van der Waals surface area (Å²) in [4.78, 5) is 14.6. The van der Waals surface area contributed by atoms with E-state index in [0.717, 1.165) is 43.6 Å². The molecule has 1 amide bonds. The quantitative estimate of drug-likeness (QED) is 0.812. The first-order valence-corrected chi connectivity index (χ1v) is 8.15. The van der Waals surface area contributed by atoms with E-state index in [-0.39, 0.29) is 5.91 Å². The Hall–Kier alpha value is -1.07. The number of methoxy groups -OCH3 is 1. The van der Waals surface area contributed by atoms with Crippen molar-refractivity contribution >= 4 is 21.8 Å². The zero-order chi connectivity index (χ0) is 15.2. The van der Waals surface area contributed by atoms with Gasteiger partial charge in [-0.05, 0) is 43.9 Å². The number of carbonyl (C=O) groups is 1. The summed E-state index contributed by atoms with van der Waals surface area (Å²) >= 11 is 3.42. The van der Waals surface area contributed by atoms with Crippen molar-refractivity contribution in [3.8, 4) is 5.75 Å². The fraction of sp³-hybridized carbons (Fsp3) is 0.562. The van der Waals surface area contributed by atoms with Crippen LogP contribution in [0, 0.1) is 5.92 Å². The number of likely N-dealkylation sites (tertiary alicyclic amines) is 1. The minimum Gasteiger partial charge on any atom is -0.496 e. The van der Waals surface area contributed by atoms with E-state index in [4.69, 9.17) is 9.47 Å². The van der Waals surface area contributed by atoms with Crippen molar-refractivity contribution in [2.75, 3.05) is 33.4 Å². The smallest absolute Gasteiger partial charge is 0.257 e. The standard InChI is InChI=1S/C16H22BrNO3/c1-3-21-11-12-5-4-8-18(10-12)16(19)14-9-13(17)6-7-15(14)20-2/h6-7,9,12H,3-5,8,10-11H2,1-2H3. The van der Waals surface area contributed by atoms with Gasteiger partial charge in [-0.2, -0.15) is 0 Å². The maximum Gasteiger partial charge on any atom is 0.257 e. The summed E-state index contributed by atoms with van der Waals surface area (Å²) in [6.45, 7) is 5.02. The van der Waals surface area contributed by atoms with Gasteiger partial charge in [-0.25, -0.2) is 0 Å². The molecule has 1 aliphatic heterocycles. The lowest BCUT2D eigenvalue weighted by molar-refractivity contribution is 0.0498. The third kappa shape index (κ3) is 4.20. The molecule has 1 fully saturated rings. The second-order valence-corrected chi connectivity index (χ2v) is 6.18. The van der Waals surface area contributed by atoms with Gasteiger partial charge in [0.05, 0.1) is 19.3 Å². The van der Waals surface area contributed by atoms with Crippen LogP contribution in [0.5, 0.6) is 5.75 Å². The van der Waals surface area contributed by atoms with Gasteiger partial charge < -0.3 is 14.4 Å². The molecule has 1 heterocycles. The van der Waals surface area contributed by atoms with Crippen molar-refractivity contribution in [2.24, 2.45) is 5.92 Å². The number of piperidine rings is 1. The second-order valence-electron chi connectivity index (χ2n) is 5.26. The van der Waals surface area contributed by atoms with Crippen LogP contribution in [0.1, 0.15) is 30.1 Å². The van der Waals surface area contributed by atoms with E-state index in [1.54, 1.807) is 7.11 Å². The highest BCUT2D eigenvalue weighted by Gasteiger charge is 2.26. The van der Waals surface area contributed by atoms with Gasteiger partial charge in [0.15, 0.2) is 0 Å². The molecule has 0 bridgehead atoms. The largest absolute Gasteiger partial charge is 0.496 e. The molecule has 21 heavy (non-hydrogen) atoms. The number of hydrogen-bond acceptors (Lipinski definition) is 3. The summed E-state index contributed by atoms with van der Waals surface area (Å²) in [6, 6.07) is 5.52. The number of hydrogen-bond donors (Lipinski definition) is 0. The average Bonchev–Trinajstić information content (AvgIpc) is 2.52. The summed E-state index contributed by atoms with van der Waals surface area (Å²) < 4.78 is 11.7. The molecule has 0 aromatic heterocycles. The minimum absolute atomic E-state index is 0.0364. The van der Waals surface area contributed by atoms with Gasteiger partial charge in [0, 0.05) is 24.2 Å². The molecule has 4 nitrogen and oxygen atoms in total. The van der Waals surface area contributed by atoms with E-state index in [2.05, 4.69) is 15.9 Å². The first-order chi connectivity index (χ1) is 10.2. The normalized spacial score (nSPS) is 18.6. The Labute approximate surface area is 134 Å².